The second kappa shape index (κ2) is 6.85. The summed E-state index contributed by atoms with van der Waals surface area (Å²) in [6, 6.07) is 6.03. The fourth-order valence-corrected chi connectivity index (χ4v) is 3.70. The number of nitrogens with zero attached hydrogens (tertiary/aromatic N) is 4. The fourth-order valence-electron chi connectivity index (χ4n) is 2.73. The van der Waals surface area contributed by atoms with Gasteiger partial charge in [-0.1, -0.05) is 18.1 Å². The Kier molecular flexibility index (Phi) is 4.82. The average Bonchev–Trinajstić information content (AvgIpc) is 2.89. The van der Waals surface area contributed by atoms with Gasteiger partial charge in [-0.2, -0.15) is 4.72 Å². The summed E-state index contributed by atoms with van der Waals surface area (Å²) >= 11 is 0. The van der Waals surface area contributed by atoms with Crippen molar-refractivity contribution in [2.75, 3.05) is 12.0 Å². The van der Waals surface area contributed by atoms with Gasteiger partial charge in [-0.05, 0) is 31.9 Å². The van der Waals surface area contributed by atoms with Crippen molar-refractivity contribution in [1.82, 2.24) is 24.2 Å². The van der Waals surface area contributed by atoms with Crippen molar-refractivity contribution >= 4 is 27.0 Å². The van der Waals surface area contributed by atoms with Gasteiger partial charge in [-0.25, -0.2) is 27.8 Å². The standard InChI is InChI=1S/C18H19FN6O2S/c1-18(2,24-28(4,26)27)9-8-13-21-15(20)14-17(22-13)25(3)16(23-14)11-6-5-7-12(19)10-11/h5-7,10,24H,1-4H3,(H2,20,21,22). The Hall–Kier alpha value is -3.03. The van der Waals surface area contributed by atoms with E-state index < -0.39 is 15.6 Å². The van der Waals surface area contributed by atoms with Crippen LogP contribution in [0.2, 0.25) is 0 Å². The number of aryl methyl sites for hydroxylation is 1. The van der Waals surface area contributed by atoms with Crippen LogP contribution in [0.3, 0.4) is 0 Å². The predicted molar refractivity (Wildman–Crippen MR) is 105 cm³/mol. The molecule has 1 aromatic carbocycles. The molecule has 10 heteroatoms. The first kappa shape index (κ1) is 19.7. The lowest BCUT2D eigenvalue weighted by atomic mass is 10.1. The molecule has 3 rings (SSSR count). The summed E-state index contributed by atoms with van der Waals surface area (Å²) in [5.41, 5.74) is 6.38. The van der Waals surface area contributed by atoms with Crippen molar-refractivity contribution in [2.45, 2.75) is 19.4 Å². The third kappa shape index (κ3) is 4.27. The highest BCUT2D eigenvalue weighted by atomic mass is 32.2. The van der Waals surface area contributed by atoms with Crippen molar-refractivity contribution in [3.8, 4) is 23.2 Å². The fraction of sp³-hybridized carbons (Fsp3) is 0.278. The first-order valence-electron chi connectivity index (χ1n) is 8.23. The molecule has 2 aromatic heterocycles. The molecule has 0 bridgehead atoms. The molecule has 0 fully saturated rings. The molecule has 3 N–H and O–H groups in total. The van der Waals surface area contributed by atoms with Gasteiger partial charge in [-0.15, -0.1) is 0 Å². The molecule has 0 aliphatic carbocycles. The minimum atomic E-state index is -3.43. The van der Waals surface area contributed by atoms with Gasteiger partial charge in [0.2, 0.25) is 15.8 Å². The van der Waals surface area contributed by atoms with Gasteiger partial charge in [-0.3, -0.25) is 0 Å². The van der Waals surface area contributed by atoms with Gasteiger partial charge in [0.25, 0.3) is 0 Å². The predicted octanol–water partition coefficient (Wildman–Crippen LogP) is 1.43. The maximum absolute atomic E-state index is 13.6. The van der Waals surface area contributed by atoms with E-state index in [1.807, 2.05) is 0 Å². The van der Waals surface area contributed by atoms with E-state index in [-0.39, 0.29) is 17.5 Å². The average molecular weight is 402 g/mol. The number of nitrogen functional groups attached to an aromatic ring is 1. The summed E-state index contributed by atoms with van der Waals surface area (Å²) in [6.07, 6.45) is 1.06. The Balaban J connectivity index is 2.07. The van der Waals surface area contributed by atoms with E-state index in [2.05, 4.69) is 31.5 Å². The van der Waals surface area contributed by atoms with E-state index in [4.69, 9.17) is 5.73 Å². The largest absolute Gasteiger partial charge is 0.382 e. The number of hydrogen-bond acceptors (Lipinski definition) is 6. The molecule has 0 unspecified atom stereocenters. The van der Waals surface area contributed by atoms with Crippen LogP contribution in [0, 0.1) is 17.7 Å². The molecule has 0 atom stereocenters. The van der Waals surface area contributed by atoms with Crippen LogP contribution in [0.25, 0.3) is 22.6 Å². The summed E-state index contributed by atoms with van der Waals surface area (Å²) < 4.78 is 40.5. The lowest BCUT2D eigenvalue weighted by molar-refractivity contribution is 0.544. The molecule has 146 valence electrons. The van der Waals surface area contributed by atoms with Crippen LogP contribution in [-0.2, 0) is 17.1 Å². The van der Waals surface area contributed by atoms with E-state index in [1.54, 1.807) is 37.6 Å². The first-order valence-corrected chi connectivity index (χ1v) is 10.1. The quantitative estimate of drug-likeness (QED) is 0.641. The van der Waals surface area contributed by atoms with E-state index in [1.165, 1.54) is 12.1 Å². The Morgan fingerprint density at radius 2 is 1.96 bits per heavy atom. The molecule has 0 radical (unpaired) electrons. The summed E-state index contributed by atoms with van der Waals surface area (Å²) in [5.74, 6) is 5.89. The maximum Gasteiger partial charge on any atom is 0.209 e. The third-order valence-corrected chi connectivity index (χ3v) is 4.64. The summed E-state index contributed by atoms with van der Waals surface area (Å²) in [6.45, 7) is 3.24. The number of imidazole rings is 1. The van der Waals surface area contributed by atoms with Crippen LogP contribution >= 0.6 is 0 Å². The number of rotatable bonds is 3. The Bertz CT molecular complexity index is 1240. The normalized spacial score (nSPS) is 12.0. The van der Waals surface area contributed by atoms with E-state index in [9.17, 15) is 12.8 Å². The van der Waals surface area contributed by atoms with Gasteiger partial charge in [0.1, 0.15) is 11.6 Å². The molecule has 0 amide bonds. The van der Waals surface area contributed by atoms with Crippen LogP contribution in [-0.4, -0.2) is 39.7 Å². The highest BCUT2D eigenvalue weighted by Crippen LogP contribution is 2.25. The Morgan fingerprint density at radius 3 is 2.61 bits per heavy atom. The molecular weight excluding hydrogens is 383 g/mol. The van der Waals surface area contributed by atoms with Gasteiger partial charge in [0.15, 0.2) is 17.0 Å². The summed E-state index contributed by atoms with van der Waals surface area (Å²) in [4.78, 5) is 12.9. The second-order valence-electron chi connectivity index (χ2n) is 6.86. The van der Waals surface area contributed by atoms with E-state index in [0.717, 1.165) is 6.26 Å². The smallest absolute Gasteiger partial charge is 0.209 e. The molecule has 2 heterocycles. The number of anilines is 1. The SMILES string of the molecule is Cn1c(-c2cccc(F)c2)nc2c(N)nc(C#CC(C)(C)NS(C)(=O)=O)nc21. The minimum absolute atomic E-state index is 0.126. The van der Waals surface area contributed by atoms with Gasteiger partial charge >= 0.3 is 0 Å². The molecule has 0 saturated heterocycles. The number of aromatic nitrogens is 4. The molecule has 8 nitrogen and oxygen atoms in total. The minimum Gasteiger partial charge on any atom is -0.382 e. The van der Waals surface area contributed by atoms with Gasteiger partial charge in [0, 0.05) is 12.6 Å². The van der Waals surface area contributed by atoms with E-state index >= 15 is 0 Å². The van der Waals surface area contributed by atoms with Crippen LogP contribution in [0.1, 0.15) is 19.7 Å². The van der Waals surface area contributed by atoms with Crippen LogP contribution in [0.4, 0.5) is 10.2 Å². The molecule has 28 heavy (non-hydrogen) atoms. The van der Waals surface area contributed by atoms with Crippen molar-refractivity contribution in [1.29, 1.82) is 0 Å². The number of benzene rings is 1. The zero-order valence-corrected chi connectivity index (χ0v) is 16.6. The number of nitrogens with one attached hydrogen (secondary N) is 1. The van der Waals surface area contributed by atoms with Crippen molar-refractivity contribution in [3.05, 3.63) is 35.9 Å². The van der Waals surface area contributed by atoms with Gasteiger partial charge in [0.05, 0.1) is 11.8 Å². The van der Waals surface area contributed by atoms with E-state index in [0.29, 0.717) is 22.6 Å². The number of sulfonamides is 1. The second-order valence-corrected chi connectivity index (χ2v) is 8.61. The van der Waals surface area contributed by atoms with Crippen LogP contribution in [0.5, 0.6) is 0 Å². The molecule has 0 spiro atoms. The molecule has 0 aliphatic rings. The molecule has 0 saturated carbocycles. The number of fused-ring (bicyclic) bond motifs is 1. The highest BCUT2D eigenvalue weighted by Gasteiger charge is 2.20. The zero-order valence-electron chi connectivity index (χ0n) is 15.8. The molecule has 0 aliphatic heterocycles. The van der Waals surface area contributed by atoms with Crippen LogP contribution in [0.15, 0.2) is 24.3 Å². The van der Waals surface area contributed by atoms with Gasteiger partial charge < -0.3 is 10.3 Å². The monoisotopic (exact) mass is 402 g/mol. The first-order chi connectivity index (χ1) is 13.0. The summed E-state index contributed by atoms with van der Waals surface area (Å²) in [7, 11) is -1.70. The summed E-state index contributed by atoms with van der Waals surface area (Å²) in [5, 5.41) is 0. The highest BCUT2D eigenvalue weighted by molar-refractivity contribution is 7.88. The number of halogens is 1. The maximum atomic E-state index is 13.6. The van der Waals surface area contributed by atoms with Crippen molar-refractivity contribution < 1.29 is 12.8 Å². The number of hydrogen-bond donors (Lipinski definition) is 2. The molecular formula is C18H19FN6O2S. The lowest BCUT2D eigenvalue weighted by Crippen LogP contribution is -2.41. The molecule has 3 aromatic rings. The topological polar surface area (TPSA) is 116 Å². The van der Waals surface area contributed by atoms with Crippen molar-refractivity contribution in [2.24, 2.45) is 7.05 Å². The lowest BCUT2D eigenvalue weighted by Gasteiger charge is -2.17. The Labute approximate surface area is 162 Å². The zero-order chi connectivity index (χ0) is 20.7. The third-order valence-electron chi connectivity index (χ3n) is 3.76. The number of nitrogens with two attached hydrogens (primary N) is 1. The van der Waals surface area contributed by atoms with Crippen LogP contribution < -0.4 is 10.5 Å². The van der Waals surface area contributed by atoms with Crippen molar-refractivity contribution in [3.63, 3.8) is 0 Å². The Morgan fingerprint density at radius 1 is 1.25 bits per heavy atom.